The molecule has 4 atom stereocenters. The van der Waals surface area contributed by atoms with Crippen LogP contribution in [0.4, 0.5) is 0 Å². The Morgan fingerprint density at radius 2 is 1.59 bits per heavy atom. The van der Waals surface area contributed by atoms with Crippen LogP contribution in [-0.4, -0.2) is 34.6 Å². The van der Waals surface area contributed by atoms with Gasteiger partial charge < -0.3 is 5.32 Å². The second kappa shape index (κ2) is 3.27. The maximum atomic E-state index is 3.83. The van der Waals surface area contributed by atoms with E-state index in [4.69, 9.17) is 0 Å². The molecule has 2 nitrogen and oxygen atoms in total. The van der Waals surface area contributed by atoms with E-state index in [1.54, 1.807) is 0 Å². The van der Waals surface area contributed by atoms with Gasteiger partial charge in [-0.2, -0.15) is 0 Å². The first-order chi connectivity index (χ1) is 7.57. The fourth-order valence-electron chi connectivity index (χ4n) is 5.26. The molecule has 2 aliphatic heterocycles. The van der Waals surface area contributed by atoms with E-state index in [2.05, 4.69) is 65.6 Å². The Kier molecular flexibility index (Phi) is 2.57. The van der Waals surface area contributed by atoms with Crippen molar-refractivity contribution in [3.8, 4) is 0 Å². The van der Waals surface area contributed by atoms with Gasteiger partial charge in [0.2, 0.25) is 0 Å². The maximum absolute atomic E-state index is 3.83. The van der Waals surface area contributed by atoms with Gasteiger partial charge in [-0.1, -0.05) is 20.8 Å². The molecule has 2 fully saturated rings. The molecule has 0 aromatic rings. The molecular formula is C15H30N2. The van der Waals surface area contributed by atoms with Gasteiger partial charge >= 0.3 is 0 Å². The quantitative estimate of drug-likeness (QED) is 0.796. The first-order valence-corrected chi connectivity index (χ1v) is 7.10. The molecule has 0 aromatic heterocycles. The molecule has 2 aliphatic rings. The molecule has 0 spiro atoms. The van der Waals surface area contributed by atoms with Gasteiger partial charge in [-0.15, -0.1) is 0 Å². The number of hydrogen-bond donors (Lipinski definition) is 1. The minimum atomic E-state index is 0.177. The number of likely N-dealkylation sites (N-methyl/N-ethyl adjacent to an activating group) is 1. The van der Waals surface area contributed by atoms with Crippen molar-refractivity contribution in [2.75, 3.05) is 13.1 Å². The van der Waals surface area contributed by atoms with E-state index in [1.165, 1.54) is 6.54 Å². The molecule has 4 unspecified atom stereocenters. The lowest BCUT2D eigenvalue weighted by Gasteiger charge is -2.55. The van der Waals surface area contributed by atoms with Gasteiger partial charge in [-0.25, -0.2) is 0 Å². The number of nitrogens with one attached hydrogen (secondary N) is 1. The second-order valence-corrected chi connectivity index (χ2v) is 7.49. The van der Waals surface area contributed by atoms with Crippen molar-refractivity contribution in [1.29, 1.82) is 0 Å². The van der Waals surface area contributed by atoms with Crippen molar-refractivity contribution < 1.29 is 0 Å². The summed E-state index contributed by atoms with van der Waals surface area (Å²) >= 11 is 0. The van der Waals surface area contributed by atoms with E-state index < -0.39 is 0 Å². The minimum absolute atomic E-state index is 0.177. The van der Waals surface area contributed by atoms with E-state index in [-0.39, 0.29) is 16.6 Å². The van der Waals surface area contributed by atoms with Crippen molar-refractivity contribution in [1.82, 2.24) is 10.2 Å². The van der Waals surface area contributed by atoms with Crippen LogP contribution in [0.3, 0.4) is 0 Å². The van der Waals surface area contributed by atoms with Crippen molar-refractivity contribution >= 4 is 0 Å². The van der Waals surface area contributed by atoms with Crippen LogP contribution in [0.2, 0.25) is 0 Å². The minimum Gasteiger partial charge on any atom is -0.310 e. The van der Waals surface area contributed by atoms with Crippen LogP contribution >= 0.6 is 0 Å². The summed E-state index contributed by atoms with van der Waals surface area (Å²) in [6, 6.07) is 0. The van der Waals surface area contributed by atoms with Crippen LogP contribution in [0, 0.1) is 11.3 Å². The van der Waals surface area contributed by atoms with Crippen molar-refractivity contribution in [2.24, 2.45) is 11.3 Å². The molecule has 100 valence electrons. The number of rotatable bonds is 2. The van der Waals surface area contributed by atoms with Gasteiger partial charge in [-0.3, -0.25) is 4.90 Å². The van der Waals surface area contributed by atoms with E-state index in [9.17, 15) is 0 Å². The fourth-order valence-corrected chi connectivity index (χ4v) is 5.26. The summed E-state index contributed by atoms with van der Waals surface area (Å²) in [4.78, 5) is 2.73. The van der Waals surface area contributed by atoms with Crippen molar-refractivity contribution in [3.63, 3.8) is 0 Å². The SMILES string of the molecule is CCNC1(C)C(C)(C)N2CC(C)C1(C)C2(C)C. The third-order valence-electron chi connectivity index (χ3n) is 6.86. The summed E-state index contributed by atoms with van der Waals surface area (Å²) in [6.07, 6.45) is 0. The molecule has 2 bridgehead atoms. The summed E-state index contributed by atoms with van der Waals surface area (Å²) in [7, 11) is 0. The summed E-state index contributed by atoms with van der Waals surface area (Å²) in [5, 5.41) is 3.83. The monoisotopic (exact) mass is 238 g/mol. The smallest absolute Gasteiger partial charge is 0.0407 e. The Hall–Kier alpha value is -0.0800. The zero-order valence-electron chi connectivity index (χ0n) is 12.9. The second-order valence-electron chi connectivity index (χ2n) is 7.49. The average molecular weight is 238 g/mol. The van der Waals surface area contributed by atoms with E-state index in [0.717, 1.165) is 12.5 Å². The van der Waals surface area contributed by atoms with Gasteiger partial charge in [0.15, 0.2) is 0 Å². The maximum Gasteiger partial charge on any atom is 0.0407 e. The van der Waals surface area contributed by atoms with E-state index in [0.29, 0.717) is 5.41 Å². The van der Waals surface area contributed by atoms with Crippen molar-refractivity contribution in [3.05, 3.63) is 0 Å². The Bertz CT molecular complexity index is 334. The molecule has 0 aromatic carbocycles. The molecule has 0 aliphatic carbocycles. The number of fused-ring (bicyclic) bond motifs is 2. The molecule has 2 rings (SSSR count). The zero-order valence-corrected chi connectivity index (χ0v) is 12.9. The molecule has 0 saturated carbocycles. The lowest BCUT2D eigenvalue weighted by atomic mass is 9.55. The summed E-state index contributed by atoms with van der Waals surface area (Å²) < 4.78 is 0. The Balaban J connectivity index is 2.61. The third-order valence-corrected chi connectivity index (χ3v) is 6.86. The highest BCUT2D eigenvalue weighted by Gasteiger charge is 2.76. The Morgan fingerprint density at radius 3 is 2.00 bits per heavy atom. The van der Waals surface area contributed by atoms with E-state index >= 15 is 0 Å². The van der Waals surface area contributed by atoms with E-state index in [1.807, 2.05) is 0 Å². The van der Waals surface area contributed by atoms with Gasteiger partial charge in [0, 0.05) is 28.6 Å². The van der Waals surface area contributed by atoms with Gasteiger partial charge in [0.25, 0.3) is 0 Å². The van der Waals surface area contributed by atoms with Crippen LogP contribution < -0.4 is 5.32 Å². The zero-order chi connectivity index (χ0) is 13.3. The first kappa shape index (κ1) is 13.4. The molecular weight excluding hydrogens is 208 g/mol. The largest absolute Gasteiger partial charge is 0.310 e. The summed E-state index contributed by atoms with van der Waals surface area (Å²) in [6.45, 7) is 21.5. The molecule has 1 N–H and O–H groups in total. The van der Waals surface area contributed by atoms with Crippen LogP contribution in [0.25, 0.3) is 0 Å². The highest BCUT2D eigenvalue weighted by atomic mass is 15.4. The Labute approximate surface area is 107 Å². The molecule has 0 amide bonds. The number of nitrogens with zero attached hydrogens (tertiary/aromatic N) is 1. The first-order valence-electron chi connectivity index (χ1n) is 7.10. The summed E-state index contributed by atoms with van der Waals surface area (Å²) in [5.74, 6) is 0.745. The normalized spacial score (nSPS) is 50.8. The molecule has 0 radical (unpaired) electrons. The lowest BCUT2D eigenvalue weighted by molar-refractivity contribution is 0.00439. The Morgan fingerprint density at radius 1 is 1.06 bits per heavy atom. The van der Waals surface area contributed by atoms with Gasteiger partial charge in [0.1, 0.15) is 0 Å². The van der Waals surface area contributed by atoms with Crippen molar-refractivity contribution in [2.45, 2.75) is 72.0 Å². The highest BCUT2D eigenvalue weighted by Crippen LogP contribution is 2.66. The highest BCUT2D eigenvalue weighted by molar-refractivity contribution is 5.32. The molecule has 17 heavy (non-hydrogen) atoms. The molecule has 2 heterocycles. The fraction of sp³-hybridized carbons (Fsp3) is 1.00. The lowest BCUT2D eigenvalue weighted by Crippen LogP contribution is -2.69. The van der Waals surface area contributed by atoms with Crippen LogP contribution in [0.15, 0.2) is 0 Å². The summed E-state index contributed by atoms with van der Waals surface area (Å²) in [5.41, 5.74) is 0.982. The molecule has 2 saturated heterocycles. The number of piperidine rings is 1. The van der Waals surface area contributed by atoms with Gasteiger partial charge in [0.05, 0.1) is 0 Å². The number of hydrogen-bond acceptors (Lipinski definition) is 2. The predicted octanol–water partition coefficient (Wildman–Crippen LogP) is 2.88. The van der Waals surface area contributed by atoms with Crippen LogP contribution in [0.1, 0.15) is 55.4 Å². The van der Waals surface area contributed by atoms with Crippen LogP contribution in [0.5, 0.6) is 0 Å². The average Bonchev–Trinajstić information content (AvgIpc) is 2.42. The van der Waals surface area contributed by atoms with Crippen LogP contribution in [-0.2, 0) is 0 Å². The molecule has 2 heteroatoms. The van der Waals surface area contributed by atoms with Gasteiger partial charge in [-0.05, 0) is 47.1 Å². The predicted molar refractivity (Wildman–Crippen MR) is 74.2 cm³/mol. The standard InChI is InChI=1S/C15H30N2/c1-9-16-15(8)13(5,6)17-10-11(2)14(15,7)12(17,3)4/h11,16H,9-10H2,1-8H3. The topological polar surface area (TPSA) is 15.3 Å². The third kappa shape index (κ3) is 1.10.